The maximum Gasteiger partial charge on any atom is 0.326 e. The Bertz CT molecular complexity index is 366. The Morgan fingerprint density at radius 3 is 2.45 bits per heavy atom. The van der Waals surface area contributed by atoms with Crippen LogP contribution in [0.25, 0.3) is 0 Å². The molecule has 0 aromatic rings. The zero-order chi connectivity index (χ0) is 15.5. The molecule has 116 valence electrons. The van der Waals surface area contributed by atoms with E-state index in [4.69, 9.17) is 9.84 Å². The van der Waals surface area contributed by atoms with E-state index in [2.05, 4.69) is 5.32 Å². The van der Waals surface area contributed by atoms with Crippen molar-refractivity contribution in [3.8, 4) is 0 Å². The van der Waals surface area contributed by atoms with Gasteiger partial charge in [-0.2, -0.15) is 0 Å². The standard InChI is InChI=1S/C13H24N2O5/c1-8-5-15(6-9(7-16)20-8)12(19)14-10(11(17)18)13(2,3)4/h8-10,16H,5-7H2,1-4H3,(H,14,19)(H,17,18)/t8?,9?,10-/m1/s1. The van der Waals surface area contributed by atoms with Gasteiger partial charge in [0, 0.05) is 6.54 Å². The van der Waals surface area contributed by atoms with Crippen LogP contribution >= 0.6 is 0 Å². The van der Waals surface area contributed by atoms with Crippen LogP contribution in [-0.4, -0.2) is 65.1 Å². The van der Waals surface area contributed by atoms with Crippen molar-refractivity contribution in [3.63, 3.8) is 0 Å². The molecule has 0 aliphatic carbocycles. The van der Waals surface area contributed by atoms with E-state index < -0.39 is 29.6 Å². The number of hydrogen-bond acceptors (Lipinski definition) is 4. The van der Waals surface area contributed by atoms with E-state index in [1.807, 2.05) is 0 Å². The number of carbonyl (C=O) groups is 2. The Kier molecular flexibility index (Phi) is 5.35. The quantitative estimate of drug-likeness (QED) is 0.692. The molecule has 0 bridgehead atoms. The third-order valence-corrected chi connectivity index (χ3v) is 3.20. The summed E-state index contributed by atoms with van der Waals surface area (Å²) in [6.45, 7) is 7.53. The van der Waals surface area contributed by atoms with E-state index in [1.54, 1.807) is 27.7 Å². The highest BCUT2D eigenvalue weighted by Crippen LogP contribution is 2.20. The topological polar surface area (TPSA) is 99.1 Å². The monoisotopic (exact) mass is 288 g/mol. The average Bonchev–Trinajstić information content (AvgIpc) is 2.32. The van der Waals surface area contributed by atoms with Crippen LogP contribution in [-0.2, 0) is 9.53 Å². The number of ether oxygens (including phenoxy) is 1. The lowest BCUT2D eigenvalue weighted by Crippen LogP contribution is -2.58. The first-order valence-electron chi connectivity index (χ1n) is 6.69. The molecular formula is C13H24N2O5. The van der Waals surface area contributed by atoms with Gasteiger partial charge in [0.05, 0.1) is 25.4 Å². The van der Waals surface area contributed by atoms with Crippen molar-refractivity contribution in [2.24, 2.45) is 5.41 Å². The van der Waals surface area contributed by atoms with Crippen molar-refractivity contribution in [3.05, 3.63) is 0 Å². The first-order chi connectivity index (χ1) is 9.15. The highest BCUT2D eigenvalue weighted by atomic mass is 16.5. The van der Waals surface area contributed by atoms with E-state index in [0.29, 0.717) is 6.54 Å². The number of hydrogen-bond donors (Lipinski definition) is 3. The van der Waals surface area contributed by atoms with Gasteiger partial charge in [0.1, 0.15) is 6.04 Å². The third kappa shape index (κ3) is 4.35. The summed E-state index contributed by atoms with van der Waals surface area (Å²) in [5, 5.41) is 20.9. The van der Waals surface area contributed by atoms with Crippen LogP contribution in [0.4, 0.5) is 4.79 Å². The lowest BCUT2D eigenvalue weighted by Gasteiger charge is -2.37. The van der Waals surface area contributed by atoms with Crippen molar-refractivity contribution in [2.45, 2.75) is 45.9 Å². The fourth-order valence-electron chi connectivity index (χ4n) is 2.18. The molecule has 7 heteroatoms. The number of amides is 2. The minimum Gasteiger partial charge on any atom is -0.480 e. The maximum absolute atomic E-state index is 12.2. The molecule has 1 saturated heterocycles. The van der Waals surface area contributed by atoms with Crippen molar-refractivity contribution in [1.82, 2.24) is 10.2 Å². The minimum atomic E-state index is -1.06. The summed E-state index contributed by atoms with van der Waals surface area (Å²) >= 11 is 0. The summed E-state index contributed by atoms with van der Waals surface area (Å²) in [6, 6.07) is -1.42. The number of urea groups is 1. The average molecular weight is 288 g/mol. The summed E-state index contributed by atoms with van der Waals surface area (Å²) in [5.41, 5.74) is -0.588. The molecule has 0 aromatic heterocycles. The largest absolute Gasteiger partial charge is 0.480 e. The van der Waals surface area contributed by atoms with Crippen LogP contribution in [0.5, 0.6) is 0 Å². The molecule has 0 aromatic carbocycles. The van der Waals surface area contributed by atoms with E-state index in [0.717, 1.165) is 0 Å². The smallest absolute Gasteiger partial charge is 0.326 e. The molecule has 3 atom stereocenters. The Hall–Kier alpha value is -1.34. The number of aliphatic hydroxyl groups is 1. The second kappa shape index (κ2) is 6.41. The van der Waals surface area contributed by atoms with Crippen molar-refractivity contribution < 1.29 is 24.5 Å². The summed E-state index contributed by atoms with van der Waals surface area (Å²) in [7, 11) is 0. The summed E-state index contributed by atoms with van der Waals surface area (Å²) in [5.74, 6) is -1.06. The fraction of sp³-hybridized carbons (Fsp3) is 0.846. The van der Waals surface area contributed by atoms with Gasteiger partial charge in [-0.1, -0.05) is 20.8 Å². The Morgan fingerprint density at radius 2 is 2.00 bits per heavy atom. The summed E-state index contributed by atoms with van der Waals surface area (Å²) < 4.78 is 5.45. The molecule has 20 heavy (non-hydrogen) atoms. The number of aliphatic carboxylic acids is 1. The fourth-order valence-corrected chi connectivity index (χ4v) is 2.18. The van der Waals surface area contributed by atoms with Crippen LogP contribution in [0, 0.1) is 5.41 Å². The Labute approximate surface area is 118 Å². The highest BCUT2D eigenvalue weighted by molar-refractivity contribution is 5.83. The first-order valence-corrected chi connectivity index (χ1v) is 6.69. The molecule has 1 heterocycles. The highest BCUT2D eigenvalue weighted by Gasteiger charge is 2.35. The molecule has 3 N–H and O–H groups in total. The van der Waals surface area contributed by atoms with Crippen LogP contribution in [0.3, 0.4) is 0 Å². The van der Waals surface area contributed by atoms with Gasteiger partial charge in [-0.25, -0.2) is 9.59 Å². The number of carbonyl (C=O) groups excluding carboxylic acids is 1. The van der Waals surface area contributed by atoms with Gasteiger partial charge in [0.15, 0.2) is 0 Å². The predicted molar refractivity (Wildman–Crippen MR) is 72.4 cm³/mol. The molecule has 7 nitrogen and oxygen atoms in total. The van der Waals surface area contributed by atoms with E-state index >= 15 is 0 Å². The Balaban J connectivity index is 2.71. The van der Waals surface area contributed by atoms with Gasteiger partial charge in [-0.15, -0.1) is 0 Å². The molecule has 1 fully saturated rings. The number of morpholine rings is 1. The van der Waals surface area contributed by atoms with Crippen LogP contribution < -0.4 is 5.32 Å². The number of aliphatic hydroxyl groups excluding tert-OH is 1. The molecule has 0 radical (unpaired) electrons. The number of nitrogens with zero attached hydrogens (tertiary/aromatic N) is 1. The number of carboxylic acids is 1. The van der Waals surface area contributed by atoms with Crippen LogP contribution in [0.2, 0.25) is 0 Å². The molecular weight excluding hydrogens is 264 g/mol. The van der Waals surface area contributed by atoms with Crippen LogP contribution in [0.15, 0.2) is 0 Å². The van der Waals surface area contributed by atoms with Crippen molar-refractivity contribution >= 4 is 12.0 Å². The molecule has 0 saturated carbocycles. The lowest BCUT2D eigenvalue weighted by atomic mass is 9.87. The summed E-state index contributed by atoms with van der Waals surface area (Å²) in [4.78, 5) is 24.9. The van der Waals surface area contributed by atoms with Gasteiger partial charge < -0.3 is 25.2 Å². The molecule has 1 aliphatic heterocycles. The SMILES string of the molecule is CC1CN(C(=O)N[C@H](C(=O)O)C(C)(C)C)CC(CO)O1. The predicted octanol–water partition coefficient (Wildman–Crippen LogP) is 0.277. The van der Waals surface area contributed by atoms with Crippen molar-refractivity contribution in [2.75, 3.05) is 19.7 Å². The zero-order valence-electron chi connectivity index (χ0n) is 12.4. The third-order valence-electron chi connectivity index (χ3n) is 3.20. The normalized spacial score (nSPS) is 25.1. The molecule has 0 spiro atoms. The van der Waals surface area contributed by atoms with Crippen molar-refractivity contribution in [1.29, 1.82) is 0 Å². The zero-order valence-corrected chi connectivity index (χ0v) is 12.4. The Morgan fingerprint density at radius 1 is 1.40 bits per heavy atom. The summed E-state index contributed by atoms with van der Waals surface area (Å²) in [6.07, 6.45) is -0.619. The minimum absolute atomic E-state index is 0.171. The first kappa shape index (κ1) is 16.7. The second-order valence-electron chi connectivity index (χ2n) is 6.24. The number of carboxylic acid groups (broad SMARTS) is 1. The van der Waals surface area contributed by atoms with Gasteiger partial charge in [-0.05, 0) is 12.3 Å². The molecule has 1 rings (SSSR count). The van der Waals surface area contributed by atoms with Gasteiger partial charge in [0.25, 0.3) is 0 Å². The molecule has 1 aliphatic rings. The second-order valence-corrected chi connectivity index (χ2v) is 6.24. The molecule has 2 unspecified atom stereocenters. The maximum atomic E-state index is 12.2. The van der Waals surface area contributed by atoms with Gasteiger partial charge >= 0.3 is 12.0 Å². The van der Waals surface area contributed by atoms with Gasteiger partial charge in [-0.3, -0.25) is 0 Å². The lowest BCUT2D eigenvalue weighted by molar-refractivity contribution is -0.142. The van der Waals surface area contributed by atoms with E-state index in [1.165, 1.54) is 4.90 Å². The van der Waals surface area contributed by atoms with E-state index in [9.17, 15) is 14.7 Å². The van der Waals surface area contributed by atoms with E-state index in [-0.39, 0.29) is 19.3 Å². The number of rotatable bonds is 3. The van der Waals surface area contributed by atoms with Gasteiger partial charge in [0.2, 0.25) is 0 Å². The molecule has 2 amide bonds. The van der Waals surface area contributed by atoms with Crippen LogP contribution in [0.1, 0.15) is 27.7 Å². The number of nitrogens with one attached hydrogen (secondary N) is 1.